The number of anilines is 2. The molecule has 3 rings (SSSR count). The second-order valence-corrected chi connectivity index (χ2v) is 6.91. The molecule has 8 nitrogen and oxygen atoms in total. The minimum Gasteiger partial charge on any atom is -0.442 e. The second kappa shape index (κ2) is 10.1. The summed E-state index contributed by atoms with van der Waals surface area (Å²) >= 11 is 0. The molecule has 166 valence electrons. The van der Waals surface area contributed by atoms with Crippen molar-refractivity contribution in [3.8, 4) is 0 Å². The van der Waals surface area contributed by atoms with Crippen LogP contribution in [-0.2, 0) is 16.1 Å². The Morgan fingerprint density at radius 2 is 1.97 bits per heavy atom. The van der Waals surface area contributed by atoms with Gasteiger partial charge in [0.25, 0.3) is 0 Å². The normalized spacial score (nSPS) is 15.7. The van der Waals surface area contributed by atoms with Crippen molar-refractivity contribution in [3.63, 3.8) is 0 Å². The maximum atomic E-state index is 13.6. The first kappa shape index (κ1) is 22.3. The molecule has 0 spiro atoms. The van der Waals surface area contributed by atoms with Gasteiger partial charge in [0.05, 0.1) is 25.0 Å². The Bertz CT molecular complexity index is 919. The lowest BCUT2D eigenvalue weighted by molar-refractivity contribution is -0.119. The highest BCUT2D eigenvalue weighted by molar-refractivity contribution is 5.89. The zero-order chi connectivity index (χ0) is 22.4. The smallest absolute Gasteiger partial charge is 0.414 e. The Labute approximate surface area is 176 Å². The third kappa shape index (κ3) is 6.07. The summed E-state index contributed by atoms with van der Waals surface area (Å²) in [5, 5.41) is 8.51. The summed E-state index contributed by atoms with van der Waals surface area (Å²) in [6, 6.07) is 4.67. The van der Waals surface area contributed by atoms with Gasteiger partial charge < -0.3 is 20.7 Å². The van der Waals surface area contributed by atoms with Crippen LogP contribution in [-0.4, -0.2) is 49.3 Å². The highest BCUT2D eigenvalue weighted by atomic mass is 19.1. The Morgan fingerprint density at radius 3 is 2.61 bits per heavy atom. The molecule has 0 saturated carbocycles. The number of cyclic esters (lactones) is 1. The van der Waals surface area contributed by atoms with Crippen molar-refractivity contribution in [1.29, 1.82) is 0 Å². The summed E-state index contributed by atoms with van der Waals surface area (Å²) < 4.78 is 45.3. The fourth-order valence-electron chi connectivity index (χ4n) is 2.98. The van der Waals surface area contributed by atoms with E-state index in [9.17, 15) is 22.8 Å². The molecule has 1 saturated heterocycles. The van der Waals surface area contributed by atoms with E-state index >= 15 is 0 Å². The molecule has 2 amide bonds. The van der Waals surface area contributed by atoms with Gasteiger partial charge in [-0.05, 0) is 12.1 Å². The maximum absolute atomic E-state index is 13.6. The van der Waals surface area contributed by atoms with E-state index < -0.39 is 29.6 Å². The molecule has 1 aliphatic rings. The third-order valence-electron chi connectivity index (χ3n) is 4.53. The zero-order valence-corrected chi connectivity index (χ0v) is 16.8. The van der Waals surface area contributed by atoms with E-state index in [-0.39, 0.29) is 24.6 Å². The van der Waals surface area contributed by atoms with Gasteiger partial charge in [-0.1, -0.05) is 0 Å². The number of amides is 2. The Hall–Kier alpha value is -3.34. The molecule has 1 atom stereocenters. The molecule has 11 heteroatoms. The van der Waals surface area contributed by atoms with Gasteiger partial charge in [0.1, 0.15) is 29.4 Å². The first-order chi connectivity index (χ1) is 14.8. The molecule has 2 aromatic rings. The topological polar surface area (TPSA) is 95.6 Å². The van der Waals surface area contributed by atoms with Crippen molar-refractivity contribution in [2.24, 2.45) is 0 Å². The van der Waals surface area contributed by atoms with E-state index in [0.29, 0.717) is 43.3 Å². The van der Waals surface area contributed by atoms with Crippen molar-refractivity contribution in [1.82, 2.24) is 15.6 Å². The van der Waals surface area contributed by atoms with Crippen LogP contribution in [0.4, 0.5) is 29.5 Å². The van der Waals surface area contributed by atoms with E-state index in [1.165, 1.54) is 18.0 Å². The van der Waals surface area contributed by atoms with Crippen LogP contribution >= 0.6 is 0 Å². The van der Waals surface area contributed by atoms with E-state index in [1.54, 1.807) is 12.1 Å². The van der Waals surface area contributed by atoms with Gasteiger partial charge in [0.2, 0.25) is 5.91 Å². The van der Waals surface area contributed by atoms with E-state index in [2.05, 4.69) is 20.9 Å². The summed E-state index contributed by atoms with van der Waals surface area (Å²) in [5.74, 6) is -2.48. The lowest BCUT2D eigenvalue weighted by atomic mass is 10.2. The number of nitrogens with zero attached hydrogens (tertiary/aromatic N) is 2. The number of pyridine rings is 1. The SMILES string of the molecule is CC(=O)NC[C@H]1CN(c2ccc(NCCNCc3c(F)cc(F)cc3F)nc2)C(=O)O1. The summed E-state index contributed by atoms with van der Waals surface area (Å²) in [4.78, 5) is 28.6. The predicted octanol–water partition coefficient (Wildman–Crippen LogP) is 2.16. The van der Waals surface area contributed by atoms with Gasteiger partial charge >= 0.3 is 6.09 Å². The van der Waals surface area contributed by atoms with E-state index in [0.717, 1.165) is 0 Å². The average Bonchev–Trinajstić information content (AvgIpc) is 3.09. The van der Waals surface area contributed by atoms with Crippen LogP contribution in [0.1, 0.15) is 12.5 Å². The number of ether oxygens (including phenoxy) is 1. The van der Waals surface area contributed by atoms with Crippen LogP contribution in [0.3, 0.4) is 0 Å². The maximum Gasteiger partial charge on any atom is 0.414 e. The largest absolute Gasteiger partial charge is 0.442 e. The number of hydrogen-bond acceptors (Lipinski definition) is 6. The summed E-state index contributed by atoms with van der Waals surface area (Å²) in [6.07, 6.45) is 0.569. The van der Waals surface area contributed by atoms with Crippen molar-refractivity contribution in [2.75, 3.05) is 36.4 Å². The van der Waals surface area contributed by atoms with Crippen LogP contribution in [0, 0.1) is 17.5 Å². The predicted molar refractivity (Wildman–Crippen MR) is 107 cm³/mol. The van der Waals surface area contributed by atoms with Gasteiger partial charge in [0.15, 0.2) is 0 Å². The van der Waals surface area contributed by atoms with Gasteiger partial charge in [0, 0.05) is 44.3 Å². The number of benzene rings is 1. The van der Waals surface area contributed by atoms with Crippen LogP contribution in [0.15, 0.2) is 30.5 Å². The molecule has 1 aliphatic heterocycles. The molecule has 0 unspecified atom stereocenters. The van der Waals surface area contributed by atoms with Crippen LogP contribution in [0.25, 0.3) is 0 Å². The minimum absolute atomic E-state index is 0.0806. The van der Waals surface area contributed by atoms with Crippen LogP contribution in [0.2, 0.25) is 0 Å². The fourth-order valence-corrected chi connectivity index (χ4v) is 2.98. The van der Waals surface area contributed by atoms with Crippen molar-refractivity contribution >= 4 is 23.5 Å². The Morgan fingerprint density at radius 1 is 1.23 bits per heavy atom. The Balaban J connectivity index is 1.43. The first-order valence-corrected chi connectivity index (χ1v) is 9.60. The van der Waals surface area contributed by atoms with Crippen molar-refractivity contribution in [3.05, 3.63) is 53.5 Å². The minimum atomic E-state index is -0.958. The molecular formula is C20H22F3N5O3. The van der Waals surface area contributed by atoms with E-state index in [4.69, 9.17) is 4.74 Å². The number of aromatic nitrogens is 1. The zero-order valence-electron chi connectivity index (χ0n) is 16.8. The van der Waals surface area contributed by atoms with Gasteiger partial charge in [-0.2, -0.15) is 0 Å². The summed E-state index contributed by atoms with van der Waals surface area (Å²) in [5.41, 5.74) is 0.333. The van der Waals surface area contributed by atoms with Crippen LogP contribution < -0.4 is 20.9 Å². The second-order valence-electron chi connectivity index (χ2n) is 6.91. The summed E-state index contributed by atoms with van der Waals surface area (Å²) in [6.45, 7) is 2.64. The standard InChI is InChI=1S/C20H22F3N5O3/c1-12(29)26-9-15-11-28(20(30)31-15)14-2-3-19(27-8-14)25-5-4-24-10-16-17(22)6-13(21)7-18(16)23/h2-3,6-8,15,24H,4-5,9-11H2,1H3,(H,25,27)(H,26,29)/t15-/m0/s1. The third-order valence-corrected chi connectivity index (χ3v) is 4.53. The molecule has 1 aromatic heterocycles. The van der Waals surface area contributed by atoms with Crippen molar-refractivity contribution in [2.45, 2.75) is 19.6 Å². The number of nitrogens with one attached hydrogen (secondary N) is 3. The van der Waals surface area contributed by atoms with Crippen LogP contribution in [0.5, 0.6) is 0 Å². The summed E-state index contributed by atoms with van der Waals surface area (Å²) in [7, 11) is 0. The highest BCUT2D eigenvalue weighted by Gasteiger charge is 2.32. The number of carbonyl (C=O) groups excluding carboxylic acids is 2. The molecule has 2 heterocycles. The average molecular weight is 437 g/mol. The van der Waals surface area contributed by atoms with Gasteiger partial charge in [-0.25, -0.2) is 22.9 Å². The van der Waals surface area contributed by atoms with E-state index in [1.807, 2.05) is 0 Å². The lowest BCUT2D eigenvalue weighted by Crippen LogP contribution is -2.33. The molecule has 31 heavy (non-hydrogen) atoms. The Kier molecular flexibility index (Phi) is 7.29. The molecule has 3 N–H and O–H groups in total. The number of rotatable bonds is 9. The molecule has 1 aromatic carbocycles. The first-order valence-electron chi connectivity index (χ1n) is 9.60. The number of hydrogen-bond donors (Lipinski definition) is 3. The van der Waals surface area contributed by atoms with Crippen molar-refractivity contribution < 1.29 is 27.5 Å². The quantitative estimate of drug-likeness (QED) is 0.521. The molecule has 0 radical (unpaired) electrons. The highest BCUT2D eigenvalue weighted by Crippen LogP contribution is 2.21. The lowest BCUT2D eigenvalue weighted by Gasteiger charge is -2.13. The molecule has 0 bridgehead atoms. The van der Waals surface area contributed by atoms with Gasteiger partial charge in [-0.3, -0.25) is 9.69 Å². The molecule has 1 fully saturated rings. The fraction of sp³-hybridized carbons (Fsp3) is 0.350. The number of halogens is 3. The monoisotopic (exact) mass is 437 g/mol. The number of carbonyl (C=O) groups is 2. The molecular weight excluding hydrogens is 415 g/mol. The molecule has 0 aliphatic carbocycles. The van der Waals surface area contributed by atoms with Gasteiger partial charge in [-0.15, -0.1) is 0 Å².